The van der Waals surface area contributed by atoms with E-state index in [0.29, 0.717) is 5.15 Å². The number of hydrogen-bond donors (Lipinski definition) is 0. The fourth-order valence-electron chi connectivity index (χ4n) is 1.02. The minimum Gasteiger partial charge on any atom is -0.148 e. The van der Waals surface area contributed by atoms with Gasteiger partial charge in [0.25, 0.3) is 0 Å². The molecule has 4 heteroatoms. The second-order valence-corrected chi connectivity index (χ2v) is 4.33. The van der Waals surface area contributed by atoms with Gasteiger partial charge in [-0.3, -0.25) is 0 Å². The molecule has 0 unspecified atom stereocenters. The Morgan fingerprint density at radius 2 is 2.00 bits per heavy atom. The molecule has 0 saturated carbocycles. The van der Waals surface area contributed by atoms with Gasteiger partial charge >= 0.3 is 0 Å². The molecule has 2 aromatic rings. The lowest BCUT2D eigenvalue weighted by molar-refractivity contribution is 1.04. The Morgan fingerprint density at radius 3 is 2.54 bits per heavy atom. The molecule has 2 nitrogen and oxygen atoms in total. The van der Waals surface area contributed by atoms with E-state index >= 15 is 0 Å². The number of rotatable bonds is 1. The Bertz CT molecular complexity index is 408. The second kappa shape index (κ2) is 3.44. The van der Waals surface area contributed by atoms with Crippen molar-refractivity contribution in [3.8, 4) is 10.6 Å². The molecule has 0 bridgehead atoms. The van der Waals surface area contributed by atoms with Gasteiger partial charge < -0.3 is 0 Å². The van der Waals surface area contributed by atoms with Crippen molar-refractivity contribution in [1.29, 1.82) is 0 Å². The van der Waals surface area contributed by atoms with Crippen molar-refractivity contribution in [2.75, 3.05) is 0 Å². The zero-order chi connectivity index (χ0) is 9.26. The van der Waals surface area contributed by atoms with Gasteiger partial charge in [0.1, 0.15) is 5.69 Å². The van der Waals surface area contributed by atoms with Crippen molar-refractivity contribution >= 4 is 22.9 Å². The number of thiophene rings is 1. The first-order chi connectivity index (χ1) is 6.25. The molecule has 0 aliphatic rings. The van der Waals surface area contributed by atoms with E-state index in [4.69, 9.17) is 11.6 Å². The van der Waals surface area contributed by atoms with E-state index in [1.54, 1.807) is 17.4 Å². The minimum atomic E-state index is 0.428. The van der Waals surface area contributed by atoms with Crippen LogP contribution >= 0.6 is 22.9 Å². The van der Waals surface area contributed by atoms with Gasteiger partial charge in [-0.05, 0) is 31.2 Å². The van der Waals surface area contributed by atoms with E-state index in [0.717, 1.165) is 10.6 Å². The molecule has 0 aliphatic heterocycles. The zero-order valence-corrected chi connectivity index (χ0v) is 8.56. The Balaban J connectivity index is 2.41. The summed E-state index contributed by atoms with van der Waals surface area (Å²) in [6.07, 6.45) is 0. The van der Waals surface area contributed by atoms with E-state index in [1.165, 1.54) is 4.88 Å². The van der Waals surface area contributed by atoms with Crippen molar-refractivity contribution in [3.05, 3.63) is 34.3 Å². The Labute approximate surface area is 85.2 Å². The molecule has 0 aliphatic carbocycles. The standard InChI is InChI=1S/C9H7ClN2S/c1-6-2-4-8(13-6)7-3-5-9(10)12-11-7/h2-5H,1H3. The third-order valence-electron chi connectivity index (χ3n) is 1.62. The van der Waals surface area contributed by atoms with E-state index in [2.05, 4.69) is 23.2 Å². The summed E-state index contributed by atoms with van der Waals surface area (Å²) >= 11 is 7.34. The molecule has 0 N–H and O–H groups in total. The first-order valence-corrected chi connectivity index (χ1v) is 5.01. The second-order valence-electron chi connectivity index (χ2n) is 2.65. The SMILES string of the molecule is Cc1ccc(-c2ccc(Cl)nn2)s1. The van der Waals surface area contributed by atoms with Gasteiger partial charge in [0, 0.05) is 4.88 Å². The third-order valence-corrected chi connectivity index (χ3v) is 2.85. The van der Waals surface area contributed by atoms with Gasteiger partial charge in [0.05, 0.1) is 4.88 Å². The fourth-order valence-corrected chi connectivity index (χ4v) is 1.95. The average molecular weight is 211 g/mol. The van der Waals surface area contributed by atoms with Crippen molar-refractivity contribution in [2.24, 2.45) is 0 Å². The molecular formula is C9H7ClN2S. The van der Waals surface area contributed by atoms with Crippen LogP contribution in [-0.4, -0.2) is 10.2 Å². The largest absolute Gasteiger partial charge is 0.151 e. The van der Waals surface area contributed by atoms with Gasteiger partial charge in [0.2, 0.25) is 0 Å². The Hall–Kier alpha value is -0.930. The number of nitrogens with zero attached hydrogens (tertiary/aromatic N) is 2. The van der Waals surface area contributed by atoms with Crippen LogP contribution < -0.4 is 0 Å². The summed E-state index contributed by atoms with van der Waals surface area (Å²) in [5, 5.41) is 8.20. The van der Waals surface area contributed by atoms with Crippen LogP contribution in [0.4, 0.5) is 0 Å². The topological polar surface area (TPSA) is 25.8 Å². The average Bonchev–Trinajstić information content (AvgIpc) is 2.53. The quantitative estimate of drug-likeness (QED) is 0.723. The monoisotopic (exact) mass is 210 g/mol. The summed E-state index contributed by atoms with van der Waals surface area (Å²) < 4.78 is 0. The van der Waals surface area contributed by atoms with Crippen molar-refractivity contribution in [1.82, 2.24) is 10.2 Å². The molecule has 0 radical (unpaired) electrons. The lowest BCUT2D eigenvalue weighted by Crippen LogP contribution is -1.83. The van der Waals surface area contributed by atoms with Gasteiger partial charge in [-0.15, -0.1) is 21.5 Å². The number of aryl methyl sites for hydroxylation is 1. The van der Waals surface area contributed by atoms with Crippen LogP contribution in [0, 0.1) is 6.92 Å². The number of halogens is 1. The predicted molar refractivity (Wildman–Crippen MR) is 55.1 cm³/mol. The molecule has 0 fully saturated rings. The number of aromatic nitrogens is 2. The molecule has 0 saturated heterocycles. The molecule has 0 amide bonds. The fraction of sp³-hybridized carbons (Fsp3) is 0.111. The van der Waals surface area contributed by atoms with Crippen LogP contribution in [0.1, 0.15) is 4.88 Å². The summed E-state index contributed by atoms with van der Waals surface area (Å²) in [4.78, 5) is 2.40. The lowest BCUT2D eigenvalue weighted by atomic mass is 10.3. The van der Waals surface area contributed by atoms with Crippen molar-refractivity contribution < 1.29 is 0 Å². The third kappa shape index (κ3) is 1.87. The smallest absolute Gasteiger partial charge is 0.148 e. The van der Waals surface area contributed by atoms with Crippen LogP contribution in [-0.2, 0) is 0 Å². The van der Waals surface area contributed by atoms with Crippen molar-refractivity contribution in [3.63, 3.8) is 0 Å². The molecule has 2 rings (SSSR count). The zero-order valence-electron chi connectivity index (χ0n) is 6.99. The molecule has 66 valence electrons. The summed E-state index contributed by atoms with van der Waals surface area (Å²) in [7, 11) is 0. The van der Waals surface area contributed by atoms with Crippen molar-refractivity contribution in [2.45, 2.75) is 6.92 Å². The van der Waals surface area contributed by atoms with Crippen LogP contribution in [0.25, 0.3) is 10.6 Å². The Kier molecular flexibility index (Phi) is 2.29. The van der Waals surface area contributed by atoms with Crippen LogP contribution in [0.5, 0.6) is 0 Å². The molecule has 2 heterocycles. The highest BCUT2D eigenvalue weighted by molar-refractivity contribution is 7.15. The van der Waals surface area contributed by atoms with Crippen LogP contribution in [0.2, 0.25) is 5.15 Å². The van der Waals surface area contributed by atoms with E-state index in [-0.39, 0.29) is 0 Å². The van der Waals surface area contributed by atoms with Gasteiger partial charge in [-0.2, -0.15) is 0 Å². The van der Waals surface area contributed by atoms with Crippen LogP contribution in [0.3, 0.4) is 0 Å². The highest BCUT2D eigenvalue weighted by Crippen LogP contribution is 2.25. The molecule has 2 aromatic heterocycles. The normalized spacial score (nSPS) is 10.3. The van der Waals surface area contributed by atoms with E-state index < -0.39 is 0 Å². The number of hydrogen-bond acceptors (Lipinski definition) is 3. The molecular weight excluding hydrogens is 204 g/mol. The summed E-state index contributed by atoms with van der Waals surface area (Å²) in [5.41, 5.74) is 0.877. The van der Waals surface area contributed by atoms with E-state index in [1.807, 2.05) is 12.1 Å². The highest BCUT2D eigenvalue weighted by atomic mass is 35.5. The van der Waals surface area contributed by atoms with Crippen LogP contribution in [0.15, 0.2) is 24.3 Å². The maximum atomic E-state index is 5.63. The molecule has 13 heavy (non-hydrogen) atoms. The highest BCUT2D eigenvalue weighted by Gasteiger charge is 2.01. The minimum absolute atomic E-state index is 0.428. The van der Waals surface area contributed by atoms with Gasteiger partial charge in [0.15, 0.2) is 5.15 Å². The lowest BCUT2D eigenvalue weighted by Gasteiger charge is -1.93. The van der Waals surface area contributed by atoms with E-state index in [9.17, 15) is 0 Å². The summed E-state index contributed by atoms with van der Waals surface area (Å²) in [6, 6.07) is 7.73. The molecule has 0 aromatic carbocycles. The maximum Gasteiger partial charge on any atom is 0.151 e. The molecule has 0 atom stereocenters. The first kappa shape index (κ1) is 8.66. The van der Waals surface area contributed by atoms with Gasteiger partial charge in [-0.1, -0.05) is 11.6 Å². The Morgan fingerprint density at radius 1 is 1.15 bits per heavy atom. The predicted octanol–water partition coefficient (Wildman–Crippen LogP) is 3.17. The molecule has 0 spiro atoms. The maximum absolute atomic E-state index is 5.63. The first-order valence-electron chi connectivity index (χ1n) is 3.82. The summed E-state index contributed by atoms with van der Waals surface area (Å²) in [5.74, 6) is 0. The van der Waals surface area contributed by atoms with Gasteiger partial charge in [-0.25, -0.2) is 0 Å². The summed E-state index contributed by atoms with van der Waals surface area (Å²) in [6.45, 7) is 2.07.